The maximum absolute atomic E-state index is 12.5. The number of primary sulfonamides is 1. The molecule has 7 nitrogen and oxygen atoms in total. The van der Waals surface area contributed by atoms with E-state index in [1.54, 1.807) is 23.2 Å². The molecule has 8 heteroatoms. The summed E-state index contributed by atoms with van der Waals surface area (Å²) >= 11 is 0. The Morgan fingerprint density at radius 2 is 1.88 bits per heavy atom. The zero-order valence-corrected chi connectivity index (χ0v) is 14.8. The number of carbonyl (C=O) groups is 1. The number of hydrogen-bond acceptors (Lipinski definition) is 5. The van der Waals surface area contributed by atoms with Crippen LogP contribution in [0.3, 0.4) is 0 Å². The second kappa shape index (κ2) is 5.86. The molecular formula is C18H16N4O3S. The van der Waals surface area contributed by atoms with Crippen LogP contribution in [0.2, 0.25) is 0 Å². The molecule has 132 valence electrons. The minimum atomic E-state index is -3.74. The average Bonchev–Trinajstić information content (AvgIpc) is 2.90. The molecule has 1 aromatic carbocycles. The number of pyridine rings is 2. The molecule has 1 aliphatic heterocycles. The minimum Gasteiger partial charge on any atom is -0.307 e. The molecule has 2 N–H and O–H groups in total. The van der Waals surface area contributed by atoms with Gasteiger partial charge in [0.1, 0.15) is 0 Å². The smallest absolute Gasteiger partial charge is 0.238 e. The molecule has 3 aromatic rings. The van der Waals surface area contributed by atoms with Crippen molar-refractivity contribution in [1.82, 2.24) is 9.97 Å². The number of anilines is 1. The SMILES string of the molecule is Cc1ccc2c3c(cnc2n1)CC(=O)N3Cc1ccc(S(N)(=O)=O)cc1. The van der Waals surface area contributed by atoms with E-state index in [0.29, 0.717) is 18.6 Å². The molecule has 0 unspecified atom stereocenters. The number of amides is 1. The van der Waals surface area contributed by atoms with Crippen molar-refractivity contribution in [2.45, 2.75) is 24.8 Å². The summed E-state index contributed by atoms with van der Waals surface area (Å²) in [5, 5.41) is 5.96. The van der Waals surface area contributed by atoms with Gasteiger partial charge in [0.05, 0.1) is 23.5 Å². The first-order valence-electron chi connectivity index (χ1n) is 8.00. The fraction of sp³-hybridized carbons (Fsp3) is 0.167. The highest BCUT2D eigenvalue weighted by Crippen LogP contribution is 2.35. The Morgan fingerprint density at radius 1 is 1.15 bits per heavy atom. The molecule has 0 radical (unpaired) electrons. The normalized spacial score (nSPS) is 14.1. The number of fused-ring (bicyclic) bond motifs is 3. The topological polar surface area (TPSA) is 106 Å². The second-order valence-electron chi connectivity index (χ2n) is 6.30. The van der Waals surface area contributed by atoms with Crippen molar-refractivity contribution in [2.75, 3.05) is 4.90 Å². The standard InChI is InChI=1S/C18H16N4O3S/c1-11-2-7-15-17-13(9-20-18(15)21-11)8-16(23)22(17)10-12-3-5-14(6-4-12)26(19,24)25/h2-7,9H,8,10H2,1H3,(H2,19,24,25). The van der Waals surface area contributed by atoms with Crippen LogP contribution in [0.1, 0.15) is 16.8 Å². The van der Waals surface area contributed by atoms with E-state index < -0.39 is 10.0 Å². The van der Waals surface area contributed by atoms with Crippen LogP contribution >= 0.6 is 0 Å². The summed E-state index contributed by atoms with van der Waals surface area (Å²) in [6.45, 7) is 2.23. The van der Waals surface area contributed by atoms with Gasteiger partial charge in [-0.2, -0.15) is 0 Å². The Kier molecular flexibility index (Phi) is 3.74. The van der Waals surface area contributed by atoms with E-state index in [2.05, 4.69) is 9.97 Å². The fourth-order valence-corrected chi connectivity index (χ4v) is 3.68. The van der Waals surface area contributed by atoms with Crippen molar-refractivity contribution in [2.24, 2.45) is 5.14 Å². The summed E-state index contributed by atoms with van der Waals surface area (Å²) in [6, 6.07) is 10.0. The van der Waals surface area contributed by atoms with Crippen molar-refractivity contribution in [3.63, 3.8) is 0 Å². The fourth-order valence-electron chi connectivity index (χ4n) is 3.16. The van der Waals surface area contributed by atoms with E-state index in [0.717, 1.165) is 27.9 Å². The molecule has 0 spiro atoms. The number of nitrogens with two attached hydrogens (primary N) is 1. The Balaban J connectivity index is 1.74. The highest BCUT2D eigenvalue weighted by Gasteiger charge is 2.30. The molecule has 1 aliphatic rings. The maximum Gasteiger partial charge on any atom is 0.238 e. The van der Waals surface area contributed by atoms with Gasteiger partial charge in [-0.3, -0.25) is 4.79 Å². The van der Waals surface area contributed by atoms with Crippen LogP contribution in [0.15, 0.2) is 47.5 Å². The number of sulfonamides is 1. The zero-order valence-electron chi connectivity index (χ0n) is 14.0. The van der Waals surface area contributed by atoms with Gasteiger partial charge in [-0.15, -0.1) is 0 Å². The molecule has 0 atom stereocenters. The summed E-state index contributed by atoms with van der Waals surface area (Å²) in [5.74, 6) is -0.0228. The third-order valence-electron chi connectivity index (χ3n) is 4.42. The average molecular weight is 368 g/mol. The van der Waals surface area contributed by atoms with E-state index >= 15 is 0 Å². The largest absolute Gasteiger partial charge is 0.307 e. The number of nitrogens with zero attached hydrogens (tertiary/aromatic N) is 3. The first-order chi connectivity index (χ1) is 12.3. The first-order valence-corrected chi connectivity index (χ1v) is 9.55. The van der Waals surface area contributed by atoms with Gasteiger partial charge >= 0.3 is 0 Å². The van der Waals surface area contributed by atoms with Crippen LogP contribution in [0.25, 0.3) is 11.0 Å². The first kappa shape index (κ1) is 16.6. The van der Waals surface area contributed by atoms with E-state index in [1.807, 2.05) is 19.1 Å². The lowest BCUT2D eigenvalue weighted by atomic mass is 10.1. The van der Waals surface area contributed by atoms with Crippen molar-refractivity contribution >= 4 is 32.7 Å². The van der Waals surface area contributed by atoms with Gasteiger partial charge in [0.2, 0.25) is 15.9 Å². The number of aryl methyl sites for hydroxylation is 1. The summed E-state index contributed by atoms with van der Waals surface area (Å²) in [7, 11) is -3.74. The van der Waals surface area contributed by atoms with Crippen LogP contribution in [-0.2, 0) is 27.8 Å². The monoisotopic (exact) mass is 368 g/mol. The van der Waals surface area contributed by atoms with Crippen LogP contribution in [0, 0.1) is 6.92 Å². The maximum atomic E-state index is 12.5. The summed E-state index contributed by atoms with van der Waals surface area (Å²) < 4.78 is 22.8. The number of rotatable bonds is 3. The van der Waals surface area contributed by atoms with Crippen LogP contribution < -0.4 is 10.0 Å². The van der Waals surface area contributed by atoms with Crippen LogP contribution in [-0.4, -0.2) is 24.3 Å². The number of carbonyl (C=O) groups excluding carboxylic acids is 1. The van der Waals surface area contributed by atoms with Gasteiger partial charge in [-0.1, -0.05) is 12.1 Å². The van der Waals surface area contributed by atoms with Gasteiger partial charge in [0, 0.05) is 22.8 Å². The van der Waals surface area contributed by atoms with E-state index in [-0.39, 0.29) is 10.8 Å². The molecule has 0 bridgehead atoms. The molecule has 0 saturated carbocycles. The Bertz CT molecular complexity index is 1140. The van der Waals surface area contributed by atoms with E-state index in [4.69, 9.17) is 5.14 Å². The number of aromatic nitrogens is 2. The summed E-state index contributed by atoms with van der Waals surface area (Å²) in [5.41, 5.74) is 3.97. The minimum absolute atomic E-state index is 0.0228. The van der Waals surface area contributed by atoms with Gasteiger partial charge < -0.3 is 4.90 Å². The Morgan fingerprint density at radius 3 is 2.58 bits per heavy atom. The van der Waals surface area contributed by atoms with Crippen molar-refractivity contribution in [3.8, 4) is 0 Å². The molecule has 26 heavy (non-hydrogen) atoms. The third kappa shape index (κ3) is 2.83. The van der Waals surface area contributed by atoms with Gasteiger partial charge in [-0.05, 0) is 36.8 Å². The molecule has 3 heterocycles. The number of hydrogen-bond donors (Lipinski definition) is 1. The van der Waals surface area contributed by atoms with Gasteiger partial charge in [0.15, 0.2) is 5.65 Å². The van der Waals surface area contributed by atoms with Crippen LogP contribution in [0.4, 0.5) is 5.69 Å². The summed E-state index contributed by atoms with van der Waals surface area (Å²) in [4.78, 5) is 23.1. The zero-order chi connectivity index (χ0) is 18.5. The Labute approximate surface area is 150 Å². The van der Waals surface area contributed by atoms with Crippen LogP contribution in [0.5, 0.6) is 0 Å². The lowest BCUT2D eigenvalue weighted by Gasteiger charge is -2.19. The molecule has 1 amide bonds. The predicted octanol–water partition coefficient (Wildman–Crippen LogP) is 1.67. The van der Waals surface area contributed by atoms with Gasteiger partial charge in [0.25, 0.3) is 0 Å². The van der Waals surface area contributed by atoms with E-state index in [9.17, 15) is 13.2 Å². The van der Waals surface area contributed by atoms with Crippen molar-refractivity contribution in [1.29, 1.82) is 0 Å². The lowest BCUT2D eigenvalue weighted by molar-refractivity contribution is -0.117. The molecule has 0 saturated heterocycles. The molecular weight excluding hydrogens is 352 g/mol. The van der Waals surface area contributed by atoms with Crippen molar-refractivity contribution in [3.05, 3.63) is 59.4 Å². The predicted molar refractivity (Wildman–Crippen MR) is 97.0 cm³/mol. The molecule has 2 aromatic heterocycles. The lowest BCUT2D eigenvalue weighted by Crippen LogP contribution is -2.26. The molecule has 4 rings (SSSR count). The van der Waals surface area contributed by atoms with Gasteiger partial charge in [-0.25, -0.2) is 23.5 Å². The summed E-state index contributed by atoms with van der Waals surface area (Å²) in [6.07, 6.45) is 1.99. The van der Waals surface area contributed by atoms with E-state index in [1.165, 1.54) is 12.1 Å². The molecule has 0 aliphatic carbocycles. The third-order valence-corrected chi connectivity index (χ3v) is 5.35. The highest BCUT2D eigenvalue weighted by atomic mass is 32.2. The second-order valence-corrected chi connectivity index (χ2v) is 7.86. The quantitative estimate of drug-likeness (QED) is 0.757. The molecule has 0 fully saturated rings. The number of benzene rings is 1. The Hall–Kier alpha value is -2.84. The van der Waals surface area contributed by atoms with Crippen molar-refractivity contribution < 1.29 is 13.2 Å². The highest BCUT2D eigenvalue weighted by molar-refractivity contribution is 7.89.